The second-order valence-corrected chi connectivity index (χ2v) is 6.68. The van der Waals surface area contributed by atoms with Crippen LogP contribution >= 0.6 is 11.3 Å². The van der Waals surface area contributed by atoms with Crippen LogP contribution in [0.1, 0.15) is 25.6 Å². The molecule has 1 amide bonds. The zero-order valence-electron chi connectivity index (χ0n) is 14.4. The van der Waals surface area contributed by atoms with Crippen molar-refractivity contribution in [1.29, 1.82) is 0 Å². The van der Waals surface area contributed by atoms with E-state index in [1.54, 1.807) is 37.4 Å². The topological polar surface area (TPSA) is 46.6 Å². The number of thiophene rings is 1. The number of benzene rings is 2. The van der Waals surface area contributed by atoms with Gasteiger partial charge in [0.2, 0.25) is 0 Å². The smallest absolute Gasteiger partial charge is 0.340 e. The van der Waals surface area contributed by atoms with Crippen LogP contribution in [-0.4, -0.2) is 25.5 Å². The van der Waals surface area contributed by atoms with Gasteiger partial charge in [0.15, 0.2) is 0 Å². The van der Waals surface area contributed by atoms with Crippen molar-refractivity contribution in [2.45, 2.75) is 6.42 Å². The van der Waals surface area contributed by atoms with Crippen LogP contribution < -0.4 is 4.90 Å². The number of para-hydroxylation sites is 1. The van der Waals surface area contributed by atoms with Crippen molar-refractivity contribution in [2.75, 3.05) is 18.6 Å². The molecule has 1 aromatic heterocycles. The van der Waals surface area contributed by atoms with E-state index >= 15 is 0 Å². The number of anilines is 1. The van der Waals surface area contributed by atoms with Crippen LogP contribution in [0, 0.1) is 0 Å². The summed E-state index contributed by atoms with van der Waals surface area (Å²) >= 11 is 1.37. The Morgan fingerprint density at radius 1 is 0.962 bits per heavy atom. The highest BCUT2D eigenvalue weighted by Gasteiger charge is 2.20. The first-order valence-corrected chi connectivity index (χ1v) is 9.16. The molecule has 0 fully saturated rings. The van der Waals surface area contributed by atoms with Gasteiger partial charge in [-0.15, -0.1) is 11.3 Å². The van der Waals surface area contributed by atoms with Gasteiger partial charge in [-0.25, -0.2) is 4.79 Å². The molecule has 4 nitrogen and oxygen atoms in total. The number of rotatable bonds is 6. The van der Waals surface area contributed by atoms with Crippen molar-refractivity contribution in [1.82, 2.24) is 0 Å². The summed E-state index contributed by atoms with van der Waals surface area (Å²) in [6, 6.07) is 20.4. The molecule has 0 aliphatic heterocycles. The molecular weight excluding hydrogens is 346 g/mol. The largest absolute Gasteiger partial charge is 0.462 e. The lowest BCUT2D eigenvalue weighted by molar-refractivity contribution is 0.0510. The fourth-order valence-electron chi connectivity index (χ4n) is 2.60. The fourth-order valence-corrected chi connectivity index (χ4v) is 3.30. The van der Waals surface area contributed by atoms with Gasteiger partial charge in [0.1, 0.15) is 0 Å². The minimum Gasteiger partial charge on any atom is -0.462 e. The number of carbonyl (C=O) groups excluding carboxylic acids is 2. The standard InChI is InChI=1S/C21H19NO3S/c1-22(20(23)19-12-7-15-26-19)18-11-6-5-10-17(18)21(24)25-14-13-16-8-3-2-4-9-16/h2-12,15H,13-14H2,1H3. The molecule has 1 heterocycles. The number of ether oxygens (including phenoxy) is 1. The van der Waals surface area contributed by atoms with E-state index in [1.165, 1.54) is 16.2 Å². The van der Waals surface area contributed by atoms with E-state index in [9.17, 15) is 9.59 Å². The Balaban J connectivity index is 1.70. The number of hydrogen-bond acceptors (Lipinski definition) is 4. The molecule has 0 spiro atoms. The zero-order chi connectivity index (χ0) is 18.4. The molecule has 0 aliphatic rings. The lowest BCUT2D eigenvalue weighted by Crippen LogP contribution is -2.27. The average molecular weight is 365 g/mol. The van der Waals surface area contributed by atoms with Crippen molar-refractivity contribution in [3.8, 4) is 0 Å². The number of esters is 1. The van der Waals surface area contributed by atoms with Gasteiger partial charge in [-0.1, -0.05) is 48.5 Å². The van der Waals surface area contributed by atoms with Crippen LogP contribution in [-0.2, 0) is 11.2 Å². The van der Waals surface area contributed by atoms with Crippen LogP contribution in [0.15, 0.2) is 72.1 Å². The summed E-state index contributed by atoms with van der Waals surface area (Å²) in [4.78, 5) is 27.2. The van der Waals surface area contributed by atoms with Gasteiger partial charge >= 0.3 is 5.97 Å². The molecule has 0 unspecified atom stereocenters. The van der Waals surface area contributed by atoms with Crippen molar-refractivity contribution in [2.24, 2.45) is 0 Å². The minimum absolute atomic E-state index is 0.149. The minimum atomic E-state index is -0.428. The summed E-state index contributed by atoms with van der Waals surface area (Å²) in [6.07, 6.45) is 0.652. The third kappa shape index (κ3) is 4.18. The SMILES string of the molecule is CN(C(=O)c1cccs1)c1ccccc1C(=O)OCCc1ccccc1. The van der Waals surface area contributed by atoms with Crippen LogP contribution in [0.2, 0.25) is 0 Å². The fraction of sp³-hybridized carbons (Fsp3) is 0.143. The molecule has 0 saturated heterocycles. The summed E-state index contributed by atoms with van der Waals surface area (Å²) in [5.41, 5.74) is 2.03. The van der Waals surface area contributed by atoms with Gasteiger partial charge in [0.05, 0.1) is 22.7 Å². The summed E-state index contributed by atoms with van der Waals surface area (Å²) in [6.45, 7) is 0.291. The Bertz CT molecular complexity index is 875. The molecule has 3 rings (SSSR count). The summed E-state index contributed by atoms with van der Waals surface area (Å²) in [5.74, 6) is -0.577. The molecule has 0 bridgehead atoms. The Hall–Kier alpha value is -2.92. The third-order valence-corrected chi connectivity index (χ3v) is 4.85. The van der Waals surface area contributed by atoms with Crippen molar-refractivity contribution < 1.29 is 14.3 Å². The molecule has 5 heteroatoms. The van der Waals surface area contributed by atoms with Crippen LogP contribution in [0.4, 0.5) is 5.69 Å². The second-order valence-electron chi connectivity index (χ2n) is 5.73. The van der Waals surface area contributed by atoms with Gasteiger partial charge in [-0.3, -0.25) is 4.79 Å². The molecule has 0 N–H and O–H groups in total. The van der Waals surface area contributed by atoms with E-state index in [0.29, 0.717) is 29.2 Å². The van der Waals surface area contributed by atoms with Gasteiger partial charge in [0.25, 0.3) is 5.91 Å². The quantitative estimate of drug-likeness (QED) is 0.607. The first kappa shape index (κ1) is 17.9. The molecule has 132 valence electrons. The lowest BCUT2D eigenvalue weighted by atomic mass is 10.1. The van der Waals surface area contributed by atoms with Gasteiger partial charge < -0.3 is 9.64 Å². The van der Waals surface area contributed by atoms with E-state index < -0.39 is 5.97 Å². The molecular formula is C21H19NO3S. The zero-order valence-corrected chi connectivity index (χ0v) is 15.2. The Morgan fingerprint density at radius 3 is 2.42 bits per heavy atom. The molecule has 2 aromatic carbocycles. The normalized spacial score (nSPS) is 10.3. The van der Waals surface area contributed by atoms with Crippen molar-refractivity contribution in [3.63, 3.8) is 0 Å². The Labute approximate surface area is 156 Å². The second kappa shape index (κ2) is 8.45. The number of nitrogens with zero attached hydrogens (tertiary/aromatic N) is 1. The maximum absolute atomic E-state index is 12.6. The summed E-state index contributed by atoms with van der Waals surface area (Å²) < 4.78 is 5.42. The number of amides is 1. The number of hydrogen-bond donors (Lipinski definition) is 0. The first-order valence-electron chi connectivity index (χ1n) is 8.28. The maximum atomic E-state index is 12.6. The monoisotopic (exact) mass is 365 g/mol. The highest BCUT2D eigenvalue weighted by Crippen LogP contribution is 2.23. The average Bonchev–Trinajstić information content (AvgIpc) is 3.22. The molecule has 0 saturated carbocycles. The van der Waals surface area contributed by atoms with E-state index in [0.717, 1.165) is 5.56 Å². The molecule has 26 heavy (non-hydrogen) atoms. The predicted molar refractivity (Wildman–Crippen MR) is 104 cm³/mol. The lowest BCUT2D eigenvalue weighted by Gasteiger charge is -2.19. The van der Waals surface area contributed by atoms with Gasteiger partial charge in [0, 0.05) is 13.5 Å². The van der Waals surface area contributed by atoms with Gasteiger partial charge in [-0.05, 0) is 29.1 Å². The summed E-state index contributed by atoms with van der Waals surface area (Å²) in [5, 5.41) is 1.85. The molecule has 0 atom stereocenters. The first-order chi connectivity index (χ1) is 12.7. The summed E-state index contributed by atoms with van der Waals surface area (Å²) in [7, 11) is 1.66. The molecule has 0 radical (unpaired) electrons. The van der Waals surface area contributed by atoms with Crippen molar-refractivity contribution >= 4 is 28.9 Å². The molecule has 0 aliphatic carbocycles. The Morgan fingerprint density at radius 2 is 1.69 bits per heavy atom. The van der Waals surface area contributed by atoms with Crippen LogP contribution in [0.5, 0.6) is 0 Å². The number of carbonyl (C=O) groups is 2. The molecule has 3 aromatic rings. The predicted octanol–water partition coefficient (Wildman–Crippen LogP) is 4.42. The van der Waals surface area contributed by atoms with Crippen molar-refractivity contribution in [3.05, 3.63) is 88.1 Å². The van der Waals surface area contributed by atoms with E-state index in [1.807, 2.05) is 41.8 Å². The highest BCUT2D eigenvalue weighted by molar-refractivity contribution is 7.12. The third-order valence-electron chi connectivity index (χ3n) is 3.99. The van der Waals surface area contributed by atoms with E-state index in [-0.39, 0.29) is 5.91 Å². The van der Waals surface area contributed by atoms with Crippen LogP contribution in [0.3, 0.4) is 0 Å². The van der Waals surface area contributed by atoms with E-state index in [4.69, 9.17) is 4.74 Å². The Kier molecular flexibility index (Phi) is 5.81. The maximum Gasteiger partial charge on any atom is 0.340 e. The highest BCUT2D eigenvalue weighted by atomic mass is 32.1. The van der Waals surface area contributed by atoms with Crippen LogP contribution in [0.25, 0.3) is 0 Å². The van der Waals surface area contributed by atoms with Gasteiger partial charge in [-0.2, -0.15) is 0 Å². The van der Waals surface area contributed by atoms with E-state index in [2.05, 4.69) is 0 Å².